The van der Waals surface area contributed by atoms with Gasteiger partial charge in [0.25, 0.3) is 0 Å². The average Bonchev–Trinajstić information content (AvgIpc) is 0.875. The van der Waals surface area contributed by atoms with Gasteiger partial charge in [0.15, 0.2) is 5.78 Å². The number of Topliss-reactive ketones (excluding diaryl/α,β-unsaturated/α-hetero) is 4. The van der Waals surface area contributed by atoms with Gasteiger partial charge in [-0.05, 0) is 19.3 Å². The molecule has 4 rings (SSSR count). The van der Waals surface area contributed by atoms with Gasteiger partial charge in [-0.1, -0.05) is 21.3 Å². The van der Waals surface area contributed by atoms with Crippen LogP contribution >= 0.6 is 47.0 Å². The quantitative estimate of drug-likeness (QED) is 0.0183. The molecule has 0 aliphatic heterocycles. The van der Waals surface area contributed by atoms with E-state index in [1.807, 2.05) is 5.32 Å². The van der Waals surface area contributed by atoms with E-state index in [-0.39, 0.29) is 151 Å². The maximum absolute atomic E-state index is 12.9. The van der Waals surface area contributed by atoms with Crippen molar-refractivity contribution in [2.24, 2.45) is 29.0 Å². The number of aliphatic hydroxyl groups excluding tert-OH is 1. The second-order valence-corrected chi connectivity index (χ2v) is 40.7. The first-order valence-electron chi connectivity index (χ1n) is 38.6. The van der Waals surface area contributed by atoms with E-state index in [4.69, 9.17) is 42.7 Å². The van der Waals surface area contributed by atoms with Crippen LogP contribution in [0.15, 0.2) is 97.1 Å². The van der Waals surface area contributed by atoms with Gasteiger partial charge in [0, 0.05) is 6.42 Å². The van der Waals surface area contributed by atoms with Gasteiger partial charge >= 0.3 is 641 Å². The molecule has 47 nitrogen and oxygen atoms in total. The molecule has 55 heteroatoms. The Morgan fingerprint density at radius 2 is 0.667 bits per heavy atom. The Morgan fingerprint density at radius 3 is 0.977 bits per heavy atom. The first-order chi connectivity index (χ1) is 61.5. The minimum atomic E-state index is -3.24. The van der Waals surface area contributed by atoms with Crippen molar-refractivity contribution in [2.45, 2.75) is 147 Å². The van der Waals surface area contributed by atoms with E-state index >= 15 is 0 Å². The molecule has 31 N–H and O–H groups in total. The van der Waals surface area contributed by atoms with Crippen molar-refractivity contribution in [1.82, 2.24) is 26.6 Å². The van der Waals surface area contributed by atoms with Crippen LogP contribution in [0.3, 0.4) is 0 Å². The summed E-state index contributed by atoms with van der Waals surface area (Å²) in [7, 11) is 0. The van der Waals surface area contributed by atoms with E-state index < -0.39 is 248 Å². The van der Waals surface area contributed by atoms with Crippen LogP contribution in [0.1, 0.15) is 98.8 Å². The summed E-state index contributed by atoms with van der Waals surface area (Å²) in [5.41, 5.74) is 17.4. The van der Waals surface area contributed by atoms with Crippen LogP contribution in [0.2, 0.25) is 0 Å². The van der Waals surface area contributed by atoms with Crippen LogP contribution in [0.25, 0.3) is 0 Å². The van der Waals surface area contributed by atoms with Gasteiger partial charge in [0.05, 0.1) is 12.6 Å². The predicted molar refractivity (Wildman–Crippen MR) is 490 cm³/mol. The van der Waals surface area contributed by atoms with Gasteiger partial charge in [-0.25, -0.2) is 4.79 Å². The predicted octanol–water partition coefficient (Wildman–Crippen LogP) is -6.29. The molecule has 0 aliphatic carbocycles. The molecule has 0 radical (unpaired) electrons. The van der Waals surface area contributed by atoms with Gasteiger partial charge in [-0.2, -0.15) is 0 Å². The molecule has 0 saturated heterocycles. The zero-order valence-electron chi connectivity index (χ0n) is 70.2. The van der Waals surface area contributed by atoms with Crippen LogP contribution in [0.4, 0.5) is 27.5 Å². The topological polar surface area (TPSA) is 834 Å². The van der Waals surface area contributed by atoms with Crippen molar-refractivity contribution in [3.63, 3.8) is 0 Å². The van der Waals surface area contributed by atoms with Gasteiger partial charge in [-0.3, -0.25) is 28.8 Å². The van der Waals surface area contributed by atoms with Crippen LogP contribution in [0.5, 0.6) is 0 Å². The molecule has 0 bridgehead atoms. The number of para-hydroxylation sites is 4. The number of hydrogen-bond donors (Lipinski definition) is 28. The van der Waals surface area contributed by atoms with Crippen LogP contribution < -0.4 is 82.5 Å². The molecule has 0 spiro atoms. The van der Waals surface area contributed by atoms with Gasteiger partial charge in [0.1, 0.15) is 11.8 Å². The minimum absolute atomic E-state index is 0. The zero-order valence-corrected chi connectivity index (χ0v) is 81.0. The Labute approximate surface area is 793 Å². The third-order valence-corrected chi connectivity index (χ3v) is 28.1. The van der Waals surface area contributed by atoms with Crippen LogP contribution in [-0.4, -0.2) is 348 Å². The smallest absolute Gasteiger partial charge is 0.326 e. The van der Waals surface area contributed by atoms with E-state index in [0.717, 1.165) is 47.0 Å². The Kier molecular flexibility index (Phi) is 62.1. The number of carbonyl (C=O) groups excluding carboxylic acids is 12. The summed E-state index contributed by atoms with van der Waals surface area (Å²) < 4.78 is 76.8. The molecule has 9 amide bonds. The number of ketones is 4. The van der Waals surface area contributed by atoms with E-state index in [0.29, 0.717) is 5.69 Å². The Balaban J connectivity index is 0.00000174. The van der Waals surface area contributed by atoms with Crippen LogP contribution in [-0.2, 0) is 86.3 Å². The molecular formula is C77H110As4N12O35S4. The summed E-state index contributed by atoms with van der Waals surface area (Å²) in [6.07, 6.45) is -4.65. The van der Waals surface area contributed by atoms with Gasteiger partial charge in [-0.15, -0.1) is 0 Å². The van der Waals surface area contributed by atoms with Crippen molar-refractivity contribution < 1.29 is 165 Å². The number of aliphatic hydroxyl groups is 1. The number of benzene rings is 4. The molecule has 0 heterocycles. The number of urea groups is 1. The molecule has 0 saturated carbocycles. The number of carboxylic acid groups (broad SMARTS) is 7. The van der Waals surface area contributed by atoms with E-state index in [9.17, 15) is 139 Å². The maximum atomic E-state index is 12.9. The molecule has 4 aromatic carbocycles. The van der Waals surface area contributed by atoms with Crippen LogP contribution in [0, 0.1) is 11.8 Å². The Hall–Kier alpha value is -9.44. The van der Waals surface area contributed by atoms with Crippen molar-refractivity contribution in [1.29, 1.82) is 0 Å². The summed E-state index contributed by atoms with van der Waals surface area (Å²) in [6.45, 7) is 4.65. The number of anilines is 4. The Morgan fingerprint density at radius 1 is 0.356 bits per heavy atom. The van der Waals surface area contributed by atoms with E-state index in [1.54, 1.807) is 62.4 Å². The van der Waals surface area contributed by atoms with E-state index in [1.165, 1.54) is 55.5 Å². The van der Waals surface area contributed by atoms with E-state index in [2.05, 4.69) is 42.5 Å². The second-order valence-electron chi connectivity index (χ2n) is 27.7. The van der Waals surface area contributed by atoms with Gasteiger partial charge in [0.2, 0.25) is 0 Å². The minimum Gasteiger partial charge on any atom is -0.480 e. The molecule has 732 valence electrons. The number of carbonyl (C=O) groups is 19. The van der Waals surface area contributed by atoms with Crippen molar-refractivity contribution in [3.05, 3.63) is 97.1 Å². The SMILES string of the molecule is C.CC(C)C(N)C(=O)CC(C(=O)NC(CSCC(=O)Nc1ccccc1[As](O)O)C(=O)CCC(=O)O)C(C)O.NC(CCC(=O)NC(CSCC(=O)Nc1ccccc1[As](O)O)C(=O)CCC(=O)O)C(=O)O.NCC(=O)CCC(=O)NC(CSCC(=O)Nc1ccccc1[As](O)O)C(=O)O.O=C(O)CCC(NC(=O)NC(CSCC(=O)Nc1ccccc1[As](O)O)C(=O)O)C(=O)O. The largest absolute Gasteiger partial charge is 0.480 e. The number of amides is 9. The Bertz CT molecular complexity index is 4530. The first-order valence-corrected chi connectivity index (χ1v) is 53.7. The second kappa shape index (κ2) is 66.9. The standard InChI is InChI=1S/C24H36AsN3O9S.C19H26AsN3O9S.C17H22AsN3O10S.C16H22AsN3O7S.CH4/c1-13(2)23(26)20(31)10-15(14(3)29)24(35)28-18(19(30)8-9-22(33)34)11-38-12-21(32)27-17-7-5-4-6-16(17)25(36)37;21-12(19(29)30)5-7-16(25)23-14(15(24)6-8-18(27)28)9-33-10-17(26)22-13-4-2-1-3-11(13)20(31)32;22-13(19-10-4-2-1-3-9(10)18(30)31)8-32-7-12(16(27)28)21-17(29)20-11(15(25)26)5-6-14(23)24;18-7-10(21)5-6-14(22)20-13(16(24)25)8-28-9-15(23)19-12-4-2-1-3-11(12)17(26)27;/h4-7,13-15,18,23,29,36-37H,8-12,26H2,1-3H3,(H,27,32)(H,28,35)(H,33,34);1-4,12,14,31-32H,5-10,21H2,(H,22,26)(H,23,25)(H,27,28)(H,29,30);1-4,11-12,30-31H,5-8H2,(H,19,22)(H,23,24)(H,25,26)(H,27,28)(H2,20,21,29);1-4,13,26-27H,5-9,18H2,(H,19,23)(H,20,22)(H,24,25);1H4. The third-order valence-electron chi connectivity index (χ3n) is 17.0. The molecule has 4 aromatic rings. The summed E-state index contributed by atoms with van der Waals surface area (Å²) in [4.78, 5) is 223. The van der Waals surface area contributed by atoms with Crippen molar-refractivity contribution in [3.8, 4) is 0 Å². The van der Waals surface area contributed by atoms with Crippen molar-refractivity contribution in [2.75, 3.05) is 73.8 Å². The normalized spacial score (nSPS) is 12.8. The summed E-state index contributed by atoms with van der Waals surface area (Å²) in [6, 6.07) is 15.3. The molecule has 0 aromatic heterocycles. The number of rotatable bonds is 57. The maximum Gasteiger partial charge on any atom is 0.326 e. The molecule has 9 atom stereocenters. The zero-order chi connectivity index (χ0) is 99.3. The number of nitrogens with one attached hydrogen (secondary N) is 9. The number of aliphatic carboxylic acids is 7. The fourth-order valence-electron chi connectivity index (χ4n) is 10.1. The number of nitrogens with two attached hydrogens (primary N) is 3. The van der Waals surface area contributed by atoms with Gasteiger partial charge < -0.3 is 47.8 Å². The summed E-state index contributed by atoms with van der Waals surface area (Å²) in [5, 5.41) is 94.1. The molecule has 132 heavy (non-hydrogen) atoms. The number of carboxylic acids is 7. The fraction of sp³-hybridized carbons (Fsp3) is 0.442. The summed E-state index contributed by atoms with van der Waals surface area (Å²) in [5.74, 6) is -17.2. The molecule has 9 unspecified atom stereocenters. The average molecular weight is 2190 g/mol. The molecular weight excluding hydrogens is 2080 g/mol. The molecule has 0 aliphatic rings. The first kappa shape index (κ1) is 123. The monoisotopic (exact) mass is 2190 g/mol. The molecule has 0 fully saturated rings. The summed E-state index contributed by atoms with van der Waals surface area (Å²) >= 11 is -8.98. The number of thioether (sulfide) groups is 4. The third kappa shape index (κ3) is 52.3. The number of hydrogen-bond acceptors (Lipinski definition) is 35. The fourth-order valence-corrected chi connectivity index (χ4v) is 18.3. The van der Waals surface area contributed by atoms with Crippen molar-refractivity contribution >= 4 is 261 Å².